The topological polar surface area (TPSA) is 30.0 Å². The van der Waals surface area contributed by atoms with E-state index in [1.165, 1.54) is 5.38 Å². The quantitative estimate of drug-likeness (QED) is 0.721. The minimum absolute atomic E-state index is 0.0114. The molecule has 0 atom stereocenters. The summed E-state index contributed by atoms with van der Waals surface area (Å²) in [6.45, 7) is 1.74. The summed E-state index contributed by atoms with van der Waals surface area (Å²) in [7, 11) is 0. The van der Waals surface area contributed by atoms with E-state index in [2.05, 4.69) is 4.37 Å². The third-order valence-corrected chi connectivity index (χ3v) is 2.56. The smallest absolute Gasteiger partial charge is 0.293 e. The Labute approximate surface area is 82.9 Å². The highest BCUT2D eigenvalue weighted by molar-refractivity contribution is 7.03. The maximum Gasteiger partial charge on any atom is 0.401 e. The number of rotatable bonds is 2. The summed E-state index contributed by atoms with van der Waals surface area (Å²) >= 11 is 0.956. The number of halogens is 3. The van der Waals surface area contributed by atoms with Crippen LogP contribution in [0, 0.1) is 5.41 Å². The lowest BCUT2D eigenvalue weighted by Gasteiger charge is -2.25. The van der Waals surface area contributed by atoms with Crippen molar-refractivity contribution >= 4 is 17.3 Å². The standard InChI is InChI=1S/C8H8F3NOS/c1-7(2,8(9,10)11)6(13)5-3-12-14-4-5/h3-4H,1-2H3. The number of hydrogen-bond acceptors (Lipinski definition) is 3. The van der Waals surface area contributed by atoms with E-state index in [1.807, 2.05) is 0 Å². The maximum atomic E-state index is 12.4. The van der Waals surface area contributed by atoms with Crippen molar-refractivity contribution in [2.24, 2.45) is 5.41 Å². The monoisotopic (exact) mass is 223 g/mol. The average Bonchev–Trinajstić information content (AvgIpc) is 2.52. The van der Waals surface area contributed by atoms with Gasteiger partial charge in [-0.3, -0.25) is 4.79 Å². The number of carbonyl (C=O) groups is 1. The van der Waals surface area contributed by atoms with Gasteiger partial charge >= 0.3 is 6.18 Å². The highest BCUT2D eigenvalue weighted by atomic mass is 32.1. The van der Waals surface area contributed by atoms with E-state index in [0.29, 0.717) is 0 Å². The first-order valence-corrected chi connectivity index (χ1v) is 4.61. The van der Waals surface area contributed by atoms with E-state index in [0.717, 1.165) is 31.6 Å². The van der Waals surface area contributed by atoms with Crippen LogP contribution in [0.25, 0.3) is 0 Å². The molecule has 1 rings (SSSR count). The zero-order valence-electron chi connectivity index (χ0n) is 7.55. The van der Waals surface area contributed by atoms with Crippen LogP contribution in [-0.2, 0) is 0 Å². The molecule has 1 aromatic heterocycles. The molecule has 0 amide bonds. The molecule has 0 saturated heterocycles. The molecular weight excluding hydrogens is 215 g/mol. The molecule has 14 heavy (non-hydrogen) atoms. The van der Waals surface area contributed by atoms with E-state index in [1.54, 1.807) is 0 Å². The van der Waals surface area contributed by atoms with Crippen LogP contribution in [-0.4, -0.2) is 16.3 Å². The SMILES string of the molecule is CC(C)(C(=O)c1cnsc1)C(F)(F)F. The van der Waals surface area contributed by atoms with Crippen LogP contribution in [0.15, 0.2) is 11.6 Å². The van der Waals surface area contributed by atoms with Gasteiger partial charge in [-0.2, -0.15) is 13.2 Å². The summed E-state index contributed by atoms with van der Waals surface area (Å²) in [5, 5.41) is 1.32. The summed E-state index contributed by atoms with van der Waals surface area (Å²) in [4.78, 5) is 11.4. The van der Waals surface area contributed by atoms with Crippen LogP contribution < -0.4 is 0 Å². The summed E-state index contributed by atoms with van der Waals surface area (Å²) in [5.41, 5.74) is -2.34. The highest BCUT2D eigenvalue weighted by Crippen LogP contribution is 2.40. The van der Waals surface area contributed by atoms with Gasteiger partial charge in [0, 0.05) is 10.9 Å². The third-order valence-electron chi connectivity index (χ3n) is 1.97. The summed E-state index contributed by atoms with van der Waals surface area (Å²) in [5.74, 6) is -0.946. The van der Waals surface area contributed by atoms with Crippen molar-refractivity contribution in [3.63, 3.8) is 0 Å². The van der Waals surface area contributed by atoms with Crippen molar-refractivity contribution < 1.29 is 18.0 Å². The molecule has 0 N–H and O–H groups in total. The molecule has 78 valence electrons. The number of aromatic nitrogens is 1. The Morgan fingerprint density at radius 1 is 1.43 bits per heavy atom. The van der Waals surface area contributed by atoms with E-state index < -0.39 is 17.4 Å². The van der Waals surface area contributed by atoms with Crippen molar-refractivity contribution in [3.8, 4) is 0 Å². The lowest BCUT2D eigenvalue weighted by atomic mass is 9.85. The molecular formula is C8H8F3NOS. The molecule has 0 aliphatic rings. The third kappa shape index (κ3) is 1.79. The van der Waals surface area contributed by atoms with Gasteiger partial charge in [-0.1, -0.05) is 0 Å². The molecule has 1 heterocycles. The maximum absolute atomic E-state index is 12.4. The number of alkyl halides is 3. The van der Waals surface area contributed by atoms with Crippen molar-refractivity contribution in [1.82, 2.24) is 4.37 Å². The zero-order valence-corrected chi connectivity index (χ0v) is 8.37. The fourth-order valence-electron chi connectivity index (χ4n) is 0.807. The van der Waals surface area contributed by atoms with Gasteiger partial charge in [-0.15, -0.1) is 0 Å². The van der Waals surface area contributed by atoms with E-state index in [4.69, 9.17) is 0 Å². The van der Waals surface area contributed by atoms with Gasteiger partial charge in [-0.05, 0) is 25.4 Å². The molecule has 0 aliphatic carbocycles. The number of ketones is 1. The molecule has 0 bridgehead atoms. The minimum atomic E-state index is -4.54. The van der Waals surface area contributed by atoms with Crippen LogP contribution in [0.3, 0.4) is 0 Å². The van der Waals surface area contributed by atoms with Crippen molar-refractivity contribution in [1.29, 1.82) is 0 Å². The molecule has 0 radical (unpaired) electrons. The normalized spacial score (nSPS) is 12.9. The van der Waals surface area contributed by atoms with Gasteiger partial charge in [0.1, 0.15) is 5.41 Å². The predicted molar refractivity (Wildman–Crippen MR) is 46.3 cm³/mol. The van der Waals surface area contributed by atoms with E-state index in [-0.39, 0.29) is 5.56 Å². The lowest BCUT2D eigenvalue weighted by Crippen LogP contribution is -2.39. The molecule has 0 unspecified atom stereocenters. The van der Waals surface area contributed by atoms with Crippen LogP contribution in [0.1, 0.15) is 24.2 Å². The summed E-state index contributed by atoms with van der Waals surface area (Å²) in [6.07, 6.45) is -3.38. The van der Waals surface area contributed by atoms with E-state index >= 15 is 0 Å². The molecule has 0 spiro atoms. The van der Waals surface area contributed by atoms with Gasteiger partial charge in [0.2, 0.25) is 0 Å². The van der Waals surface area contributed by atoms with Gasteiger partial charge < -0.3 is 0 Å². The largest absolute Gasteiger partial charge is 0.401 e. The molecule has 1 aromatic rings. The van der Waals surface area contributed by atoms with Gasteiger partial charge in [0.15, 0.2) is 5.78 Å². The summed E-state index contributed by atoms with van der Waals surface area (Å²) in [6, 6.07) is 0. The fraction of sp³-hybridized carbons (Fsp3) is 0.500. The average molecular weight is 223 g/mol. The molecule has 0 aliphatic heterocycles. The highest BCUT2D eigenvalue weighted by Gasteiger charge is 2.52. The van der Waals surface area contributed by atoms with Crippen LogP contribution in [0.5, 0.6) is 0 Å². The van der Waals surface area contributed by atoms with Gasteiger partial charge in [-0.25, -0.2) is 4.37 Å². The second-order valence-corrected chi connectivity index (χ2v) is 4.02. The van der Waals surface area contributed by atoms with Gasteiger partial charge in [0.25, 0.3) is 0 Å². The second-order valence-electron chi connectivity index (χ2n) is 3.36. The predicted octanol–water partition coefficient (Wildman–Crippen LogP) is 2.91. The number of nitrogens with zero attached hydrogens (tertiary/aromatic N) is 1. The summed E-state index contributed by atoms with van der Waals surface area (Å²) < 4.78 is 40.9. The van der Waals surface area contributed by atoms with Crippen LogP contribution >= 0.6 is 11.5 Å². The van der Waals surface area contributed by atoms with Crippen molar-refractivity contribution in [2.75, 3.05) is 0 Å². The Hall–Kier alpha value is -0.910. The van der Waals surface area contributed by atoms with Crippen molar-refractivity contribution in [2.45, 2.75) is 20.0 Å². The molecule has 0 fully saturated rings. The minimum Gasteiger partial charge on any atom is -0.293 e. The van der Waals surface area contributed by atoms with E-state index in [9.17, 15) is 18.0 Å². The Kier molecular flexibility index (Phi) is 2.67. The zero-order chi connectivity index (χ0) is 11.0. The molecule has 0 aromatic carbocycles. The first kappa shape index (κ1) is 11.2. The number of carbonyl (C=O) groups excluding carboxylic acids is 1. The number of hydrogen-bond donors (Lipinski definition) is 0. The van der Waals surface area contributed by atoms with Crippen molar-refractivity contribution in [3.05, 3.63) is 17.1 Å². The Morgan fingerprint density at radius 2 is 2.00 bits per heavy atom. The number of Topliss-reactive ketones (excluding diaryl/α,β-unsaturated/α-hetero) is 1. The Balaban J connectivity index is 3.01. The van der Waals surface area contributed by atoms with Crippen LogP contribution in [0.2, 0.25) is 0 Å². The molecule has 0 saturated carbocycles. The fourth-order valence-corrected chi connectivity index (χ4v) is 1.32. The van der Waals surface area contributed by atoms with Gasteiger partial charge in [0.05, 0.1) is 6.20 Å². The molecule has 2 nitrogen and oxygen atoms in total. The Morgan fingerprint density at radius 3 is 2.36 bits per heavy atom. The van der Waals surface area contributed by atoms with Crippen LogP contribution in [0.4, 0.5) is 13.2 Å². The first-order chi connectivity index (χ1) is 6.27. The second kappa shape index (κ2) is 3.34. The molecule has 6 heteroatoms. The Bertz CT molecular complexity index is 329. The first-order valence-electron chi connectivity index (χ1n) is 3.77. The lowest BCUT2D eigenvalue weighted by molar-refractivity contribution is -0.192.